The van der Waals surface area contributed by atoms with Gasteiger partial charge in [0.05, 0.1) is 14.2 Å². The highest BCUT2D eigenvalue weighted by atomic mass is 16.5. The molecule has 1 unspecified atom stereocenters. The summed E-state index contributed by atoms with van der Waals surface area (Å²) in [6.45, 7) is 1.16. The Labute approximate surface area is 107 Å². The maximum atomic E-state index is 11.1. The number of ether oxygens (including phenoxy) is 2. The van der Waals surface area contributed by atoms with Gasteiger partial charge in [-0.3, -0.25) is 4.79 Å². The largest absolute Gasteiger partial charge is 0.497 e. The second kappa shape index (κ2) is 7.68. The van der Waals surface area contributed by atoms with Gasteiger partial charge in [0, 0.05) is 6.54 Å². The van der Waals surface area contributed by atoms with Gasteiger partial charge in [-0.05, 0) is 30.7 Å². The van der Waals surface area contributed by atoms with Gasteiger partial charge in [0.2, 0.25) is 0 Å². The fraction of sp³-hybridized carbons (Fsp3) is 0.462. The molecule has 0 aliphatic rings. The zero-order valence-corrected chi connectivity index (χ0v) is 10.8. The minimum Gasteiger partial charge on any atom is -0.497 e. The van der Waals surface area contributed by atoms with Crippen molar-refractivity contribution in [2.45, 2.75) is 12.5 Å². The Morgan fingerprint density at radius 2 is 2.22 bits per heavy atom. The van der Waals surface area contributed by atoms with Crippen LogP contribution >= 0.6 is 0 Å². The zero-order valence-electron chi connectivity index (χ0n) is 10.8. The van der Waals surface area contributed by atoms with Crippen molar-refractivity contribution < 1.29 is 14.3 Å². The topological polar surface area (TPSA) is 73.6 Å². The third-order valence-corrected chi connectivity index (χ3v) is 2.59. The SMILES string of the molecule is COC(=O)C(N)CNCCc1cccc(OC)c1. The highest BCUT2D eigenvalue weighted by Gasteiger charge is 2.12. The van der Waals surface area contributed by atoms with Crippen LogP contribution in [-0.4, -0.2) is 39.3 Å². The van der Waals surface area contributed by atoms with E-state index in [0.717, 1.165) is 18.7 Å². The second-order valence-corrected chi connectivity index (χ2v) is 3.94. The number of esters is 1. The van der Waals surface area contributed by atoms with Crippen molar-refractivity contribution in [2.24, 2.45) is 5.73 Å². The fourth-order valence-electron chi connectivity index (χ4n) is 1.55. The standard InChI is InChI=1S/C13H20N2O3/c1-17-11-5-3-4-10(8-11)6-7-15-9-12(14)13(16)18-2/h3-5,8,12,15H,6-7,9,14H2,1-2H3. The molecule has 1 atom stereocenters. The molecule has 3 N–H and O–H groups in total. The summed E-state index contributed by atoms with van der Waals surface area (Å²) in [5, 5.41) is 3.12. The number of hydrogen-bond acceptors (Lipinski definition) is 5. The van der Waals surface area contributed by atoms with E-state index in [2.05, 4.69) is 10.1 Å². The number of rotatable bonds is 7. The van der Waals surface area contributed by atoms with Crippen molar-refractivity contribution in [2.75, 3.05) is 27.3 Å². The minimum atomic E-state index is -0.611. The van der Waals surface area contributed by atoms with Gasteiger partial charge < -0.3 is 20.5 Å². The molecule has 1 rings (SSSR count). The molecule has 5 nitrogen and oxygen atoms in total. The maximum absolute atomic E-state index is 11.1. The van der Waals surface area contributed by atoms with Gasteiger partial charge in [0.1, 0.15) is 11.8 Å². The van der Waals surface area contributed by atoms with Crippen molar-refractivity contribution in [3.05, 3.63) is 29.8 Å². The summed E-state index contributed by atoms with van der Waals surface area (Å²) in [6.07, 6.45) is 0.852. The molecule has 18 heavy (non-hydrogen) atoms. The third-order valence-electron chi connectivity index (χ3n) is 2.59. The molecule has 0 aliphatic carbocycles. The van der Waals surface area contributed by atoms with Crippen molar-refractivity contribution in [3.8, 4) is 5.75 Å². The Kier molecular flexibility index (Phi) is 6.18. The highest BCUT2D eigenvalue weighted by Crippen LogP contribution is 2.12. The van der Waals surface area contributed by atoms with E-state index in [0.29, 0.717) is 6.54 Å². The Bertz CT molecular complexity index is 382. The van der Waals surface area contributed by atoms with Gasteiger partial charge in [-0.1, -0.05) is 12.1 Å². The van der Waals surface area contributed by atoms with Crippen LogP contribution in [0.25, 0.3) is 0 Å². The van der Waals surface area contributed by atoms with Crippen LogP contribution in [0.4, 0.5) is 0 Å². The average molecular weight is 252 g/mol. The first-order chi connectivity index (χ1) is 8.67. The molecular formula is C13H20N2O3. The van der Waals surface area contributed by atoms with Crippen molar-refractivity contribution >= 4 is 5.97 Å². The molecule has 0 aliphatic heterocycles. The molecule has 0 heterocycles. The van der Waals surface area contributed by atoms with E-state index < -0.39 is 12.0 Å². The van der Waals surface area contributed by atoms with E-state index in [-0.39, 0.29) is 0 Å². The number of carbonyl (C=O) groups excluding carboxylic acids is 1. The summed E-state index contributed by atoms with van der Waals surface area (Å²) >= 11 is 0. The number of hydrogen-bond donors (Lipinski definition) is 2. The average Bonchev–Trinajstić information content (AvgIpc) is 2.42. The lowest BCUT2D eigenvalue weighted by molar-refractivity contribution is -0.142. The lowest BCUT2D eigenvalue weighted by atomic mass is 10.1. The molecule has 0 aromatic heterocycles. The Morgan fingerprint density at radius 3 is 2.89 bits per heavy atom. The van der Waals surface area contributed by atoms with Gasteiger partial charge in [-0.25, -0.2) is 0 Å². The highest BCUT2D eigenvalue weighted by molar-refractivity contribution is 5.75. The zero-order chi connectivity index (χ0) is 13.4. The number of nitrogens with one attached hydrogen (secondary N) is 1. The summed E-state index contributed by atoms with van der Waals surface area (Å²) in [5.41, 5.74) is 6.77. The molecule has 0 fully saturated rings. The lowest BCUT2D eigenvalue weighted by Gasteiger charge is -2.10. The van der Waals surface area contributed by atoms with Crippen molar-refractivity contribution in [3.63, 3.8) is 0 Å². The van der Waals surface area contributed by atoms with E-state index in [1.54, 1.807) is 7.11 Å². The number of nitrogens with two attached hydrogens (primary N) is 1. The van der Waals surface area contributed by atoms with Crippen LogP contribution in [0.3, 0.4) is 0 Å². The van der Waals surface area contributed by atoms with Crippen LogP contribution < -0.4 is 15.8 Å². The molecule has 1 aromatic rings. The monoisotopic (exact) mass is 252 g/mol. The first kappa shape index (κ1) is 14.5. The molecule has 0 amide bonds. The van der Waals surface area contributed by atoms with Crippen LogP contribution in [-0.2, 0) is 16.0 Å². The van der Waals surface area contributed by atoms with Crippen LogP contribution in [0, 0.1) is 0 Å². The molecule has 5 heteroatoms. The van der Waals surface area contributed by atoms with Gasteiger partial charge in [-0.15, -0.1) is 0 Å². The third kappa shape index (κ3) is 4.73. The Balaban J connectivity index is 2.27. The van der Waals surface area contributed by atoms with Crippen molar-refractivity contribution in [1.82, 2.24) is 5.32 Å². The summed E-state index contributed by atoms with van der Waals surface area (Å²) in [4.78, 5) is 11.1. The number of carbonyl (C=O) groups is 1. The number of methoxy groups -OCH3 is 2. The molecule has 0 saturated carbocycles. The minimum absolute atomic E-state index is 0.399. The molecule has 0 radical (unpaired) electrons. The smallest absolute Gasteiger partial charge is 0.323 e. The Hall–Kier alpha value is -1.59. The van der Waals surface area contributed by atoms with Gasteiger partial charge in [-0.2, -0.15) is 0 Å². The second-order valence-electron chi connectivity index (χ2n) is 3.94. The van der Waals surface area contributed by atoms with Crippen LogP contribution in [0.2, 0.25) is 0 Å². The molecule has 0 spiro atoms. The molecule has 1 aromatic carbocycles. The molecule has 100 valence electrons. The first-order valence-electron chi connectivity index (χ1n) is 5.84. The lowest BCUT2D eigenvalue weighted by Crippen LogP contribution is -2.41. The van der Waals surface area contributed by atoms with Crippen LogP contribution in [0.5, 0.6) is 5.75 Å². The van der Waals surface area contributed by atoms with Crippen molar-refractivity contribution in [1.29, 1.82) is 0 Å². The van der Waals surface area contributed by atoms with Gasteiger partial charge in [0.15, 0.2) is 0 Å². The van der Waals surface area contributed by atoms with Gasteiger partial charge in [0.25, 0.3) is 0 Å². The van der Waals surface area contributed by atoms with E-state index >= 15 is 0 Å². The van der Waals surface area contributed by atoms with E-state index in [4.69, 9.17) is 10.5 Å². The summed E-state index contributed by atoms with van der Waals surface area (Å²) in [5.74, 6) is 0.447. The van der Waals surface area contributed by atoms with E-state index in [1.165, 1.54) is 12.7 Å². The van der Waals surface area contributed by atoms with E-state index in [1.807, 2.05) is 24.3 Å². The summed E-state index contributed by atoms with van der Waals surface area (Å²) in [6, 6.07) is 7.27. The summed E-state index contributed by atoms with van der Waals surface area (Å²) in [7, 11) is 2.98. The maximum Gasteiger partial charge on any atom is 0.323 e. The van der Waals surface area contributed by atoms with E-state index in [9.17, 15) is 4.79 Å². The molecular weight excluding hydrogens is 232 g/mol. The quantitative estimate of drug-likeness (QED) is 0.540. The first-order valence-corrected chi connectivity index (χ1v) is 5.84. The molecule has 0 saturated heterocycles. The predicted octanol–water partition coefficient (Wildman–Crippen LogP) is 0.328. The normalized spacial score (nSPS) is 11.9. The Morgan fingerprint density at radius 1 is 1.44 bits per heavy atom. The van der Waals surface area contributed by atoms with Crippen LogP contribution in [0.1, 0.15) is 5.56 Å². The predicted molar refractivity (Wildman–Crippen MR) is 69.6 cm³/mol. The summed E-state index contributed by atoms with van der Waals surface area (Å²) < 4.78 is 9.68. The molecule has 0 bridgehead atoms. The fourth-order valence-corrected chi connectivity index (χ4v) is 1.55. The van der Waals surface area contributed by atoms with Crippen LogP contribution in [0.15, 0.2) is 24.3 Å². The van der Waals surface area contributed by atoms with Gasteiger partial charge >= 0.3 is 5.97 Å². The number of benzene rings is 1.